The summed E-state index contributed by atoms with van der Waals surface area (Å²) >= 11 is 0. The zero-order valence-electron chi connectivity index (χ0n) is 12.3. The van der Waals surface area contributed by atoms with Gasteiger partial charge in [-0.3, -0.25) is 9.59 Å². The Morgan fingerprint density at radius 3 is 2.35 bits per heavy atom. The topological polar surface area (TPSA) is 58.2 Å². The molecule has 1 aromatic carbocycles. The standard InChI is InChI=1S/C15H21FN2O2/c1-10(2)9-17-13(19)15(3,4)14(20)18-12-8-6-5-7-11(12)16/h5-8,10H,9H2,1-4H3,(H,17,19)(H,18,20). The third-order valence-electron chi connectivity index (χ3n) is 2.93. The van der Waals surface area contributed by atoms with Gasteiger partial charge in [-0.15, -0.1) is 0 Å². The second-order valence-corrected chi connectivity index (χ2v) is 5.66. The van der Waals surface area contributed by atoms with E-state index in [4.69, 9.17) is 0 Å². The van der Waals surface area contributed by atoms with Gasteiger partial charge < -0.3 is 10.6 Å². The van der Waals surface area contributed by atoms with Crippen molar-refractivity contribution in [3.05, 3.63) is 30.1 Å². The van der Waals surface area contributed by atoms with E-state index < -0.39 is 17.1 Å². The Morgan fingerprint density at radius 2 is 1.80 bits per heavy atom. The second kappa shape index (κ2) is 6.50. The lowest BCUT2D eigenvalue weighted by atomic mass is 9.90. The Hall–Kier alpha value is -1.91. The molecule has 110 valence electrons. The maximum Gasteiger partial charge on any atom is 0.239 e. The number of hydrogen-bond acceptors (Lipinski definition) is 2. The van der Waals surface area contributed by atoms with Gasteiger partial charge >= 0.3 is 0 Å². The Balaban J connectivity index is 2.74. The van der Waals surface area contributed by atoms with E-state index in [2.05, 4.69) is 10.6 Å². The first-order chi connectivity index (χ1) is 9.25. The molecule has 20 heavy (non-hydrogen) atoms. The zero-order chi connectivity index (χ0) is 15.3. The quantitative estimate of drug-likeness (QED) is 0.814. The van der Waals surface area contributed by atoms with E-state index in [9.17, 15) is 14.0 Å². The lowest BCUT2D eigenvalue weighted by Gasteiger charge is -2.23. The first kappa shape index (κ1) is 16.1. The lowest BCUT2D eigenvalue weighted by molar-refractivity contribution is -0.138. The molecule has 0 fully saturated rings. The monoisotopic (exact) mass is 280 g/mol. The largest absolute Gasteiger partial charge is 0.355 e. The van der Waals surface area contributed by atoms with E-state index in [0.717, 1.165) is 0 Å². The van der Waals surface area contributed by atoms with Crippen LogP contribution < -0.4 is 10.6 Å². The Labute approximate surface area is 118 Å². The number of para-hydroxylation sites is 1. The third kappa shape index (κ3) is 4.05. The van der Waals surface area contributed by atoms with Crippen molar-refractivity contribution in [1.29, 1.82) is 0 Å². The molecule has 0 atom stereocenters. The maximum absolute atomic E-state index is 13.5. The lowest BCUT2D eigenvalue weighted by Crippen LogP contribution is -2.46. The average molecular weight is 280 g/mol. The van der Waals surface area contributed by atoms with Crippen LogP contribution in [0.15, 0.2) is 24.3 Å². The van der Waals surface area contributed by atoms with Crippen LogP contribution in [-0.4, -0.2) is 18.4 Å². The van der Waals surface area contributed by atoms with Crippen molar-refractivity contribution in [2.45, 2.75) is 27.7 Å². The molecule has 0 aliphatic rings. The van der Waals surface area contributed by atoms with E-state index in [1.54, 1.807) is 6.07 Å². The summed E-state index contributed by atoms with van der Waals surface area (Å²) in [5.74, 6) is -1.15. The SMILES string of the molecule is CC(C)CNC(=O)C(C)(C)C(=O)Nc1ccccc1F. The molecule has 4 nitrogen and oxygen atoms in total. The van der Waals surface area contributed by atoms with Crippen molar-refractivity contribution < 1.29 is 14.0 Å². The van der Waals surface area contributed by atoms with Crippen molar-refractivity contribution >= 4 is 17.5 Å². The fourth-order valence-electron chi connectivity index (χ4n) is 1.46. The molecule has 0 saturated heterocycles. The van der Waals surface area contributed by atoms with Gasteiger partial charge in [0.2, 0.25) is 11.8 Å². The first-order valence-electron chi connectivity index (χ1n) is 6.59. The molecule has 0 radical (unpaired) electrons. The van der Waals surface area contributed by atoms with Crippen molar-refractivity contribution in [3.8, 4) is 0 Å². The number of nitrogens with one attached hydrogen (secondary N) is 2. The molecule has 0 saturated carbocycles. The van der Waals surface area contributed by atoms with Crippen LogP contribution in [0.25, 0.3) is 0 Å². The molecule has 0 heterocycles. The molecule has 0 bridgehead atoms. The van der Waals surface area contributed by atoms with E-state index in [0.29, 0.717) is 12.5 Å². The summed E-state index contributed by atoms with van der Waals surface area (Å²) < 4.78 is 13.5. The molecule has 5 heteroatoms. The first-order valence-corrected chi connectivity index (χ1v) is 6.59. The van der Waals surface area contributed by atoms with E-state index >= 15 is 0 Å². The van der Waals surface area contributed by atoms with Gasteiger partial charge in [0.15, 0.2) is 0 Å². The third-order valence-corrected chi connectivity index (χ3v) is 2.93. The Morgan fingerprint density at radius 1 is 1.20 bits per heavy atom. The molecule has 0 aliphatic carbocycles. The minimum Gasteiger partial charge on any atom is -0.355 e. The van der Waals surface area contributed by atoms with Crippen LogP contribution in [0.5, 0.6) is 0 Å². The fraction of sp³-hybridized carbons (Fsp3) is 0.467. The summed E-state index contributed by atoms with van der Waals surface area (Å²) in [5, 5.41) is 5.15. The number of hydrogen-bond donors (Lipinski definition) is 2. The zero-order valence-corrected chi connectivity index (χ0v) is 12.3. The van der Waals surface area contributed by atoms with Crippen LogP contribution >= 0.6 is 0 Å². The maximum atomic E-state index is 13.5. The summed E-state index contributed by atoms with van der Waals surface area (Å²) in [4.78, 5) is 24.2. The smallest absolute Gasteiger partial charge is 0.239 e. The molecular formula is C15H21FN2O2. The molecule has 0 aromatic heterocycles. The van der Waals surface area contributed by atoms with Gasteiger partial charge in [0, 0.05) is 6.54 Å². The Kier molecular flexibility index (Phi) is 5.25. The van der Waals surface area contributed by atoms with E-state index in [1.807, 2.05) is 13.8 Å². The highest BCUT2D eigenvalue weighted by Gasteiger charge is 2.36. The number of carbonyl (C=O) groups is 2. The van der Waals surface area contributed by atoms with Crippen LogP contribution in [0.2, 0.25) is 0 Å². The summed E-state index contributed by atoms with van der Waals surface area (Å²) in [5.41, 5.74) is -1.20. The van der Waals surface area contributed by atoms with Crippen LogP contribution in [0, 0.1) is 17.2 Å². The van der Waals surface area contributed by atoms with Crippen LogP contribution in [0.4, 0.5) is 10.1 Å². The van der Waals surface area contributed by atoms with Gasteiger partial charge in [0.25, 0.3) is 0 Å². The van der Waals surface area contributed by atoms with Gasteiger partial charge in [0.1, 0.15) is 11.2 Å². The minimum atomic E-state index is -1.27. The Bertz CT molecular complexity index is 498. The highest BCUT2D eigenvalue weighted by Crippen LogP contribution is 2.20. The molecular weight excluding hydrogens is 259 g/mol. The predicted octanol–water partition coefficient (Wildman–Crippen LogP) is 2.56. The molecule has 0 spiro atoms. The van der Waals surface area contributed by atoms with Crippen LogP contribution in [0.3, 0.4) is 0 Å². The van der Waals surface area contributed by atoms with Crippen molar-refractivity contribution in [2.24, 2.45) is 11.3 Å². The predicted molar refractivity (Wildman–Crippen MR) is 76.7 cm³/mol. The summed E-state index contributed by atoms with van der Waals surface area (Å²) in [6.07, 6.45) is 0. The molecule has 0 unspecified atom stereocenters. The molecule has 1 aromatic rings. The normalized spacial score (nSPS) is 11.3. The molecule has 2 amide bonds. The number of benzene rings is 1. The van der Waals surface area contributed by atoms with Gasteiger partial charge in [-0.25, -0.2) is 4.39 Å². The van der Waals surface area contributed by atoms with E-state index in [1.165, 1.54) is 32.0 Å². The average Bonchev–Trinajstić information content (AvgIpc) is 2.38. The van der Waals surface area contributed by atoms with Gasteiger partial charge in [-0.1, -0.05) is 26.0 Å². The second-order valence-electron chi connectivity index (χ2n) is 5.66. The van der Waals surface area contributed by atoms with Crippen molar-refractivity contribution in [1.82, 2.24) is 5.32 Å². The molecule has 1 rings (SSSR count). The minimum absolute atomic E-state index is 0.0715. The number of rotatable bonds is 5. The van der Waals surface area contributed by atoms with Gasteiger partial charge in [-0.05, 0) is 31.9 Å². The van der Waals surface area contributed by atoms with Gasteiger partial charge in [-0.2, -0.15) is 0 Å². The van der Waals surface area contributed by atoms with Crippen LogP contribution in [0.1, 0.15) is 27.7 Å². The fourth-order valence-corrected chi connectivity index (χ4v) is 1.46. The highest BCUT2D eigenvalue weighted by atomic mass is 19.1. The number of carbonyl (C=O) groups excluding carboxylic acids is 2. The number of halogens is 1. The summed E-state index contributed by atoms with van der Waals surface area (Å²) in [6, 6.07) is 5.85. The van der Waals surface area contributed by atoms with Crippen LogP contribution in [-0.2, 0) is 9.59 Å². The van der Waals surface area contributed by atoms with Gasteiger partial charge in [0.05, 0.1) is 5.69 Å². The summed E-state index contributed by atoms with van der Waals surface area (Å²) in [7, 11) is 0. The highest BCUT2D eigenvalue weighted by molar-refractivity contribution is 6.09. The molecule has 0 aliphatic heterocycles. The summed E-state index contributed by atoms with van der Waals surface area (Å²) in [6.45, 7) is 7.45. The van der Waals surface area contributed by atoms with Crippen molar-refractivity contribution in [3.63, 3.8) is 0 Å². The number of amides is 2. The molecule has 2 N–H and O–H groups in total. The number of anilines is 1. The van der Waals surface area contributed by atoms with Crippen molar-refractivity contribution in [2.75, 3.05) is 11.9 Å². The van der Waals surface area contributed by atoms with E-state index in [-0.39, 0.29) is 11.6 Å².